The average molecular weight is 525 g/mol. The number of aromatic nitrogens is 3. The molecule has 7 nitrogen and oxygen atoms in total. The van der Waals surface area contributed by atoms with E-state index in [1.807, 2.05) is 40.0 Å². The van der Waals surface area contributed by atoms with E-state index in [9.17, 15) is 4.79 Å². The molecule has 0 radical (unpaired) electrons. The zero-order chi connectivity index (χ0) is 24.5. The zero-order valence-corrected chi connectivity index (χ0v) is 22.4. The monoisotopic (exact) mass is 523 g/mol. The Hall–Kier alpha value is -1.77. The van der Waals surface area contributed by atoms with Crippen LogP contribution in [0.15, 0.2) is 28.4 Å². The summed E-state index contributed by atoms with van der Waals surface area (Å²) < 4.78 is 5.51. The van der Waals surface area contributed by atoms with Crippen molar-refractivity contribution in [2.45, 2.75) is 81.4 Å². The van der Waals surface area contributed by atoms with Gasteiger partial charge in [0.1, 0.15) is 21.6 Å². The Morgan fingerprint density at radius 3 is 2.65 bits per heavy atom. The highest BCUT2D eigenvalue weighted by Crippen LogP contribution is 2.47. The number of hydrogen-bond donors (Lipinski definition) is 1. The fraction of sp³-hybridized carbons (Fsp3) is 0.583. The van der Waals surface area contributed by atoms with Crippen LogP contribution in [-0.2, 0) is 4.74 Å². The number of aryl methyl sites for hydroxylation is 1. The number of ether oxygens (including phenoxy) is 1. The van der Waals surface area contributed by atoms with Crippen molar-refractivity contribution in [3.63, 3.8) is 0 Å². The SMILES string of the molecule is Cc1nc(N2CCC3(CCC[C@H]3NC(=O)OC(C)(C)C)CC2)cnc1Sc1ccnc(Cl)c1Cl. The predicted octanol–water partition coefficient (Wildman–Crippen LogP) is 6.30. The van der Waals surface area contributed by atoms with Gasteiger partial charge in [-0.3, -0.25) is 0 Å². The number of hydrogen-bond acceptors (Lipinski definition) is 7. The molecule has 1 N–H and O–H groups in total. The number of carbonyl (C=O) groups is 1. The molecule has 0 unspecified atom stereocenters. The van der Waals surface area contributed by atoms with E-state index < -0.39 is 5.60 Å². The van der Waals surface area contributed by atoms with Crippen LogP contribution < -0.4 is 10.2 Å². The molecule has 10 heteroatoms. The largest absolute Gasteiger partial charge is 0.444 e. The molecule has 1 spiro atoms. The first-order valence-electron chi connectivity index (χ1n) is 11.6. The predicted molar refractivity (Wildman–Crippen MR) is 136 cm³/mol. The number of anilines is 1. The van der Waals surface area contributed by atoms with Crippen LogP contribution in [0.5, 0.6) is 0 Å². The lowest BCUT2D eigenvalue weighted by Gasteiger charge is -2.43. The molecule has 0 bridgehead atoms. The summed E-state index contributed by atoms with van der Waals surface area (Å²) in [5, 5.41) is 4.66. The first kappa shape index (κ1) is 25.3. The van der Waals surface area contributed by atoms with E-state index in [0.717, 1.165) is 66.6 Å². The summed E-state index contributed by atoms with van der Waals surface area (Å²) in [6, 6.07) is 1.98. The highest BCUT2D eigenvalue weighted by Gasteiger charge is 2.46. The van der Waals surface area contributed by atoms with Crippen molar-refractivity contribution in [2.75, 3.05) is 18.0 Å². The van der Waals surface area contributed by atoms with Crippen molar-refractivity contribution < 1.29 is 9.53 Å². The van der Waals surface area contributed by atoms with Crippen LogP contribution in [0.1, 0.15) is 58.6 Å². The molecule has 34 heavy (non-hydrogen) atoms. The molecule has 3 heterocycles. The molecule has 1 saturated heterocycles. The highest BCUT2D eigenvalue weighted by molar-refractivity contribution is 7.99. The van der Waals surface area contributed by atoms with E-state index in [1.165, 1.54) is 11.8 Å². The van der Waals surface area contributed by atoms with E-state index in [-0.39, 0.29) is 22.7 Å². The van der Waals surface area contributed by atoms with Crippen LogP contribution in [0.3, 0.4) is 0 Å². The fourth-order valence-corrected chi connectivity index (χ4v) is 6.15. The van der Waals surface area contributed by atoms with Gasteiger partial charge in [-0.05, 0) is 64.9 Å². The number of amides is 1. The van der Waals surface area contributed by atoms with Gasteiger partial charge in [0.25, 0.3) is 0 Å². The molecular weight excluding hydrogens is 493 g/mol. The Kier molecular flexibility index (Phi) is 7.50. The molecule has 2 fully saturated rings. The second kappa shape index (κ2) is 10.1. The normalized spacial score (nSPS) is 19.9. The molecular formula is C24H31Cl2N5O2S. The molecule has 1 aliphatic carbocycles. The van der Waals surface area contributed by atoms with Gasteiger partial charge < -0.3 is 15.0 Å². The van der Waals surface area contributed by atoms with Crippen molar-refractivity contribution in [1.82, 2.24) is 20.3 Å². The maximum atomic E-state index is 12.4. The summed E-state index contributed by atoms with van der Waals surface area (Å²) in [6.07, 6.45) is 8.44. The zero-order valence-electron chi connectivity index (χ0n) is 20.0. The van der Waals surface area contributed by atoms with Crippen LogP contribution in [0.25, 0.3) is 0 Å². The Morgan fingerprint density at radius 1 is 1.24 bits per heavy atom. The van der Waals surface area contributed by atoms with Crippen molar-refractivity contribution >= 4 is 46.9 Å². The average Bonchev–Trinajstić information content (AvgIpc) is 3.13. The molecule has 1 saturated carbocycles. The van der Waals surface area contributed by atoms with Gasteiger partial charge in [0.05, 0.1) is 16.9 Å². The molecule has 2 aromatic rings. The third-order valence-electron chi connectivity index (χ3n) is 6.59. The Balaban J connectivity index is 1.39. The standard InChI is InChI=1S/C24H31Cl2N5O2S/c1-15-21(34-16-7-11-27-20(26)19(16)25)28-14-18(29-15)31-12-9-24(10-13-31)8-5-6-17(24)30-22(32)33-23(2,3)4/h7,11,14,17H,5-6,8-10,12-13H2,1-4H3,(H,30,32)/t17-/m1/s1. The van der Waals surface area contributed by atoms with Crippen molar-refractivity contribution in [1.29, 1.82) is 0 Å². The molecule has 4 rings (SSSR count). The number of rotatable bonds is 4. The highest BCUT2D eigenvalue weighted by atomic mass is 35.5. The quantitative estimate of drug-likeness (QED) is 0.470. The Labute approximate surface area is 215 Å². The first-order valence-corrected chi connectivity index (χ1v) is 13.2. The van der Waals surface area contributed by atoms with Gasteiger partial charge in [-0.2, -0.15) is 0 Å². The number of halogens is 2. The second-order valence-electron chi connectivity index (χ2n) is 10.1. The van der Waals surface area contributed by atoms with Gasteiger partial charge >= 0.3 is 6.09 Å². The summed E-state index contributed by atoms with van der Waals surface area (Å²) in [5.74, 6) is 0.880. The summed E-state index contributed by atoms with van der Waals surface area (Å²) in [5.41, 5.74) is 0.482. The Bertz CT molecular complexity index is 1050. The molecule has 2 aromatic heterocycles. The van der Waals surface area contributed by atoms with E-state index in [4.69, 9.17) is 32.9 Å². The number of nitrogens with one attached hydrogen (secondary N) is 1. The topological polar surface area (TPSA) is 80.2 Å². The second-order valence-corrected chi connectivity index (χ2v) is 11.8. The van der Waals surface area contributed by atoms with E-state index in [2.05, 4.69) is 20.2 Å². The van der Waals surface area contributed by atoms with Gasteiger partial charge in [0.2, 0.25) is 0 Å². The molecule has 1 atom stereocenters. The van der Waals surface area contributed by atoms with Gasteiger partial charge in [-0.25, -0.2) is 19.7 Å². The summed E-state index contributed by atoms with van der Waals surface area (Å²) in [4.78, 5) is 29.0. The van der Waals surface area contributed by atoms with Crippen LogP contribution in [-0.4, -0.2) is 45.8 Å². The summed E-state index contributed by atoms with van der Waals surface area (Å²) >= 11 is 13.7. The molecule has 2 aliphatic rings. The number of piperidine rings is 1. The van der Waals surface area contributed by atoms with Gasteiger partial charge in [-0.1, -0.05) is 41.4 Å². The minimum absolute atomic E-state index is 0.128. The first-order chi connectivity index (χ1) is 16.1. The van der Waals surface area contributed by atoms with Gasteiger partial charge in [0, 0.05) is 30.2 Å². The van der Waals surface area contributed by atoms with Gasteiger partial charge in [0.15, 0.2) is 0 Å². The van der Waals surface area contributed by atoms with Crippen molar-refractivity contribution in [2.24, 2.45) is 5.41 Å². The van der Waals surface area contributed by atoms with Crippen LogP contribution in [0.2, 0.25) is 10.2 Å². The van der Waals surface area contributed by atoms with E-state index in [0.29, 0.717) is 5.02 Å². The molecule has 1 aliphatic heterocycles. The van der Waals surface area contributed by atoms with Crippen LogP contribution in [0.4, 0.5) is 10.6 Å². The minimum atomic E-state index is -0.491. The lowest BCUT2D eigenvalue weighted by molar-refractivity contribution is 0.0442. The third-order valence-corrected chi connectivity index (χ3v) is 8.62. The van der Waals surface area contributed by atoms with E-state index in [1.54, 1.807) is 6.20 Å². The molecule has 184 valence electrons. The maximum absolute atomic E-state index is 12.4. The smallest absolute Gasteiger partial charge is 0.407 e. The fourth-order valence-electron chi connectivity index (χ4n) is 4.89. The molecule has 1 amide bonds. The summed E-state index contributed by atoms with van der Waals surface area (Å²) in [6.45, 7) is 9.41. The number of pyridine rings is 1. The van der Waals surface area contributed by atoms with Crippen LogP contribution in [0, 0.1) is 12.3 Å². The lowest BCUT2D eigenvalue weighted by atomic mass is 9.74. The third kappa shape index (κ3) is 5.71. The maximum Gasteiger partial charge on any atom is 0.407 e. The Morgan fingerprint density at radius 2 is 1.97 bits per heavy atom. The van der Waals surface area contributed by atoms with Crippen molar-refractivity contribution in [3.05, 3.63) is 34.3 Å². The minimum Gasteiger partial charge on any atom is -0.444 e. The number of carbonyl (C=O) groups excluding carboxylic acids is 1. The molecule has 0 aromatic carbocycles. The number of nitrogens with zero attached hydrogens (tertiary/aromatic N) is 4. The van der Waals surface area contributed by atoms with E-state index >= 15 is 0 Å². The summed E-state index contributed by atoms with van der Waals surface area (Å²) in [7, 11) is 0. The van der Waals surface area contributed by atoms with Crippen molar-refractivity contribution in [3.8, 4) is 0 Å². The van der Waals surface area contributed by atoms with Crippen LogP contribution >= 0.6 is 35.0 Å². The number of alkyl carbamates (subject to hydrolysis) is 1. The van der Waals surface area contributed by atoms with Gasteiger partial charge in [-0.15, -0.1) is 0 Å². The lowest BCUT2D eigenvalue weighted by Crippen LogP contribution is -2.51.